The molecule has 0 fully saturated rings. The highest BCUT2D eigenvalue weighted by Gasteiger charge is 2.08. The Hall–Kier alpha value is -4.38. The monoisotopic (exact) mass is 408 g/mol. The zero-order valence-electron chi connectivity index (χ0n) is 16.6. The largest absolute Gasteiger partial charge is 0.457 e. The molecule has 4 rings (SSSR count). The summed E-state index contributed by atoms with van der Waals surface area (Å²) in [4.78, 5) is 24.7. The summed E-state index contributed by atoms with van der Waals surface area (Å²) in [6, 6.07) is 32.3. The minimum absolute atomic E-state index is 0.191. The lowest BCUT2D eigenvalue weighted by molar-refractivity contribution is 0.101. The molecule has 0 unspecified atom stereocenters. The van der Waals surface area contributed by atoms with Gasteiger partial charge in [-0.1, -0.05) is 48.5 Å². The van der Waals surface area contributed by atoms with Crippen LogP contribution in [0, 0.1) is 0 Å². The highest BCUT2D eigenvalue weighted by molar-refractivity contribution is 6.04. The molecule has 5 heteroatoms. The molecule has 152 valence electrons. The molecular formula is C26H20N2O3. The standard InChI is InChI=1S/C26H20N2O3/c29-25(19-9-3-1-4-10-19)27-21-13-7-15-23(17-21)31-24-16-8-14-22(18-24)28-26(30)20-11-5-2-6-12-20/h1-18H,(H,27,29)(H,28,30). The summed E-state index contributed by atoms with van der Waals surface area (Å²) in [5, 5.41) is 5.73. The molecule has 5 nitrogen and oxygen atoms in total. The quantitative estimate of drug-likeness (QED) is 0.412. The van der Waals surface area contributed by atoms with Crippen LogP contribution in [0.3, 0.4) is 0 Å². The molecule has 0 saturated carbocycles. The van der Waals surface area contributed by atoms with E-state index in [1.807, 2.05) is 36.4 Å². The first-order valence-electron chi connectivity index (χ1n) is 9.78. The van der Waals surface area contributed by atoms with E-state index in [0.29, 0.717) is 34.0 Å². The number of amides is 2. The van der Waals surface area contributed by atoms with Gasteiger partial charge in [0.25, 0.3) is 11.8 Å². The van der Waals surface area contributed by atoms with E-state index in [1.165, 1.54) is 0 Å². The van der Waals surface area contributed by atoms with Gasteiger partial charge in [0.1, 0.15) is 11.5 Å². The second kappa shape index (κ2) is 9.41. The van der Waals surface area contributed by atoms with Gasteiger partial charge in [-0.2, -0.15) is 0 Å². The smallest absolute Gasteiger partial charge is 0.255 e. The molecule has 31 heavy (non-hydrogen) atoms. The van der Waals surface area contributed by atoms with Crippen LogP contribution in [0.15, 0.2) is 109 Å². The van der Waals surface area contributed by atoms with E-state index in [9.17, 15) is 9.59 Å². The van der Waals surface area contributed by atoms with Gasteiger partial charge in [-0.25, -0.2) is 0 Å². The lowest BCUT2D eigenvalue weighted by Crippen LogP contribution is -2.11. The van der Waals surface area contributed by atoms with Crippen molar-refractivity contribution in [1.29, 1.82) is 0 Å². The zero-order valence-corrected chi connectivity index (χ0v) is 16.6. The first-order valence-corrected chi connectivity index (χ1v) is 9.78. The van der Waals surface area contributed by atoms with Gasteiger partial charge in [0.05, 0.1) is 0 Å². The van der Waals surface area contributed by atoms with Gasteiger partial charge in [0.15, 0.2) is 0 Å². The fourth-order valence-electron chi connectivity index (χ4n) is 3.00. The van der Waals surface area contributed by atoms with Gasteiger partial charge < -0.3 is 15.4 Å². The van der Waals surface area contributed by atoms with Crippen LogP contribution in [-0.4, -0.2) is 11.8 Å². The molecule has 0 aliphatic rings. The van der Waals surface area contributed by atoms with Crippen molar-refractivity contribution in [3.63, 3.8) is 0 Å². The van der Waals surface area contributed by atoms with Crippen molar-refractivity contribution in [2.45, 2.75) is 0 Å². The molecule has 0 spiro atoms. The third-order valence-electron chi connectivity index (χ3n) is 4.49. The van der Waals surface area contributed by atoms with Gasteiger partial charge in [-0.15, -0.1) is 0 Å². The number of nitrogens with one attached hydrogen (secondary N) is 2. The van der Waals surface area contributed by atoms with E-state index >= 15 is 0 Å². The summed E-state index contributed by atoms with van der Waals surface area (Å²) in [6.45, 7) is 0. The van der Waals surface area contributed by atoms with Crippen molar-refractivity contribution in [3.05, 3.63) is 120 Å². The molecule has 0 atom stereocenters. The Morgan fingerprint density at radius 3 is 1.35 bits per heavy atom. The highest BCUT2D eigenvalue weighted by atomic mass is 16.5. The van der Waals surface area contributed by atoms with E-state index in [4.69, 9.17) is 4.74 Å². The van der Waals surface area contributed by atoms with E-state index < -0.39 is 0 Å². The first-order chi connectivity index (χ1) is 15.2. The molecule has 0 saturated heterocycles. The van der Waals surface area contributed by atoms with Crippen LogP contribution >= 0.6 is 0 Å². The topological polar surface area (TPSA) is 67.4 Å². The van der Waals surface area contributed by atoms with Crippen LogP contribution in [0.25, 0.3) is 0 Å². The molecule has 0 bridgehead atoms. The van der Waals surface area contributed by atoms with Crippen molar-refractivity contribution < 1.29 is 14.3 Å². The Morgan fingerprint density at radius 2 is 0.935 bits per heavy atom. The van der Waals surface area contributed by atoms with E-state index in [1.54, 1.807) is 72.8 Å². The number of anilines is 2. The lowest BCUT2D eigenvalue weighted by atomic mass is 10.2. The van der Waals surface area contributed by atoms with Gasteiger partial charge >= 0.3 is 0 Å². The van der Waals surface area contributed by atoms with Crippen molar-refractivity contribution >= 4 is 23.2 Å². The number of hydrogen-bond acceptors (Lipinski definition) is 3. The van der Waals surface area contributed by atoms with Crippen LogP contribution in [0.5, 0.6) is 11.5 Å². The maximum Gasteiger partial charge on any atom is 0.255 e. The second-order valence-electron chi connectivity index (χ2n) is 6.80. The Morgan fingerprint density at radius 1 is 0.516 bits per heavy atom. The third-order valence-corrected chi connectivity index (χ3v) is 4.49. The summed E-state index contributed by atoms with van der Waals surface area (Å²) < 4.78 is 5.93. The van der Waals surface area contributed by atoms with Crippen molar-refractivity contribution in [3.8, 4) is 11.5 Å². The summed E-state index contributed by atoms with van der Waals surface area (Å²) in [6.07, 6.45) is 0. The second-order valence-corrected chi connectivity index (χ2v) is 6.80. The minimum atomic E-state index is -0.191. The fraction of sp³-hybridized carbons (Fsp3) is 0. The SMILES string of the molecule is O=C(Nc1cccc(Oc2cccc(NC(=O)c3ccccc3)c2)c1)c1ccccc1. The number of carbonyl (C=O) groups is 2. The number of benzene rings is 4. The molecule has 0 heterocycles. The molecular weight excluding hydrogens is 388 g/mol. The lowest BCUT2D eigenvalue weighted by Gasteiger charge is -2.11. The van der Waals surface area contributed by atoms with Gasteiger partial charge in [0.2, 0.25) is 0 Å². The van der Waals surface area contributed by atoms with Crippen LogP contribution in [0.4, 0.5) is 11.4 Å². The maximum absolute atomic E-state index is 12.4. The maximum atomic E-state index is 12.4. The van der Waals surface area contributed by atoms with Gasteiger partial charge in [0, 0.05) is 34.6 Å². The van der Waals surface area contributed by atoms with Crippen molar-refractivity contribution in [2.24, 2.45) is 0 Å². The fourth-order valence-corrected chi connectivity index (χ4v) is 3.00. The molecule has 0 aromatic heterocycles. The summed E-state index contributed by atoms with van der Waals surface area (Å²) >= 11 is 0. The number of ether oxygens (including phenoxy) is 1. The zero-order chi connectivity index (χ0) is 21.5. The normalized spacial score (nSPS) is 10.2. The summed E-state index contributed by atoms with van der Waals surface area (Å²) in [5.41, 5.74) is 2.41. The van der Waals surface area contributed by atoms with E-state index in [0.717, 1.165) is 0 Å². The first kappa shape index (κ1) is 19.9. The average molecular weight is 408 g/mol. The Labute approximate surface area is 180 Å². The van der Waals surface area contributed by atoms with Crippen LogP contribution < -0.4 is 15.4 Å². The van der Waals surface area contributed by atoms with E-state index in [2.05, 4.69) is 10.6 Å². The minimum Gasteiger partial charge on any atom is -0.457 e. The Bertz CT molecular complexity index is 1100. The molecule has 0 radical (unpaired) electrons. The number of rotatable bonds is 6. The Kier molecular flexibility index (Phi) is 6.05. The molecule has 4 aromatic rings. The van der Waals surface area contributed by atoms with E-state index in [-0.39, 0.29) is 11.8 Å². The van der Waals surface area contributed by atoms with Crippen molar-refractivity contribution in [1.82, 2.24) is 0 Å². The Balaban J connectivity index is 1.44. The summed E-state index contributed by atoms with van der Waals surface area (Å²) in [7, 11) is 0. The van der Waals surface area contributed by atoms with Gasteiger partial charge in [-0.05, 0) is 48.5 Å². The predicted octanol–water partition coefficient (Wildman–Crippen LogP) is 5.98. The predicted molar refractivity (Wildman–Crippen MR) is 122 cm³/mol. The van der Waals surface area contributed by atoms with Crippen LogP contribution in [0.1, 0.15) is 20.7 Å². The third kappa shape index (κ3) is 5.36. The number of carbonyl (C=O) groups excluding carboxylic acids is 2. The van der Waals surface area contributed by atoms with Crippen LogP contribution in [0.2, 0.25) is 0 Å². The highest BCUT2D eigenvalue weighted by Crippen LogP contribution is 2.26. The van der Waals surface area contributed by atoms with Gasteiger partial charge in [-0.3, -0.25) is 9.59 Å². The average Bonchev–Trinajstić information content (AvgIpc) is 2.81. The molecule has 2 N–H and O–H groups in total. The molecule has 4 aromatic carbocycles. The molecule has 0 aliphatic carbocycles. The molecule has 2 amide bonds. The van der Waals surface area contributed by atoms with Crippen LogP contribution in [-0.2, 0) is 0 Å². The number of hydrogen-bond donors (Lipinski definition) is 2. The molecule has 0 aliphatic heterocycles. The summed E-state index contributed by atoms with van der Waals surface area (Å²) in [5.74, 6) is 0.751. The van der Waals surface area contributed by atoms with Crippen molar-refractivity contribution in [2.75, 3.05) is 10.6 Å².